The summed E-state index contributed by atoms with van der Waals surface area (Å²) in [4.78, 5) is 23.1. The Morgan fingerprint density at radius 2 is 1.89 bits per heavy atom. The van der Waals surface area contributed by atoms with Crippen LogP contribution < -0.4 is 10.6 Å². The molecule has 2 N–H and O–H groups in total. The van der Waals surface area contributed by atoms with Crippen molar-refractivity contribution in [1.82, 2.24) is 5.32 Å². The van der Waals surface area contributed by atoms with Crippen molar-refractivity contribution in [1.29, 1.82) is 0 Å². The second-order valence-corrected chi connectivity index (χ2v) is 4.27. The third kappa shape index (κ3) is 3.27. The Balaban J connectivity index is 2.02. The molecule has 2 rings (SSSR count). The van der Waals surface area contributed by atoms with E-state index in [1.807, 2.05) is 0 Å². The molecule has 0 saturated heterocycles. The Hall–Kier alpha value is -1.98. The Kier molecular flexibility index (Phi) is 4.09. The van der Waals surface area contributed by atoms with E-state index >= 15 is 0 Å². The van der Waals surface area contributed by atoms with Gasteiger partial charge in [-0.2, -0.15) is 0 Å². The zero-order valence-corrected chi connectivity index (χ0v) is 11.0. The molecule has 19 heavy (non-hydrogen) atoms. The molecule has 0 saturated carbocycles. The highest BCUT2D eigenvalue weighted by atomic mass is 35.5. The van der Waals surface area contributed by atoms with Gasteiger partial charge in [0, 0.05) is 0 Å². The molecule has 0 radical (unpaired) electrons. The highest BCUT2D eigenvalue weighted by Gasteiger charge is 2.14. The second kappa shape index (κ2) is 5.77. The number of halogens is 2. The summed E-state index contributed by atoms with van der Waals surface area (Å²) in [6.07, 6.45) is 1.33. The summed E-state index contributed by atoms with van der Waals surface area (Å²) in [5, 5.41) is 5.01. The number of benzene rings is 1. The smallest absolute Gasteiger partial charge is 0.326 e. The lowest BCUT2D eigenvalue weighted by molar-refractivity contribution is 0.0940. The molecular weight excluding hydrogens is 291 g/mol. The van der Waals surface area contributed by atoms with Gasteiger partial charge in [0.2, 0.25) is 0 Å². The number of furan rings is 1. The fourth-order valence-electron chi connectivity index (χ4n) is 1.33. The predicted octanol–water partition coefficient (Wildman–Crippen LogP) is 3.55. The van der Waals surface area contributed by atoms with Crippen LogP contribution in [0.15, 0.2) is 41.0 Å². The third-order valence-corrected chi connectivity index (χ3v) is 2.99. The maximum atomic E-state index is 11.6. The summed E-state index contributed by atoms with van der Waals surface area (Å²) in [7, 11) is 0. The highest BCUT2D eigenvalue weighted by Crippen LogP contribution is 2.29. The Bertz CT molecular complexity index is 611. The van der Waals surface area contributed by atoms with Crippen LogP contribution in [0.4, 0.5) is 10.5 Å². The quantitative estimate of drug-likeness (QED) is 0.890. The lowest BCUT2D eigenvalue weighted by atomic mass is 10.3. The molecule has 0 unspecified atom stereocenters. The van der Waals surface area contributed by atoms with E-state index in [0.717, 1.165) is 0 Å². The number of imide groups is 1. The first kappa shape index (κ1) is 13.5. The first-order valence-electron chi connectivity index (χ1n) is 5.18. The summed E-state index contributed by atoms with van der Waals surface area (Å²) in [5.41, 5.74) is 0.305. The Morgan fingerprint density at radius 3 is 2.58 bits per heavy atom. The summed E-state index contributed by atoms with van der Waals surface area (Å²) >= 11 is 11.7. The molecular formula is C12H8Cl2N2O3. The Labute approximate surface area is 118 Å². The fraction of sp³-hybridized carbons (Fsp3) is 0. The van der Waals surface area contributed by atoms with E-state index in [9.17, 15) is 9.59 Å². The Morgan fingerprint density at radius 1 is 1.11 bits per heavy atom. The lowest BCUT2D eigenvalue weighted by Crippen LogP contribution is -2.34. The van der Waals surface area contributed by atoms with E-state index in [1.54, 1.807) is 24.3 Å². The molecule has 3 amide bonds. The van der Waals surface area contributed by atoms with E-state index in [4.69, 9.17) is 27.6 Å². The maximum Gasteiger partial charge on any atom is 0.326 e. The molecule has 0 aliphatic carbocycles. The molecule has 1 heterocycles. The van der Waals surface area contributed by atoms with Crippen molar-refractivity contribution in [3.05, 3.63) is 52.4 Å². The molecule has 1 aromatic carbocycles. The average molecular weight is 299 g/mol. The van der Waals surface area contributed by atoms with Crippen molar-refractivity contribution < 1.29 is 14.0 Å². The molecule has 0 spiro atoms. The normalized spacial score (nSPS) is 10.0. The molecule has 5 nitrogen and oxygen atoms in total. The number of hydrogen-bond acceptors (Lipinski definition) is 3. The molecule has 2 aromatic rings. The van der Waals surface area contributed by atoms with Crippen LogP contribution in [0.25, 0.3) is 0 Å². The zero-order chi connectivity index (χ0) is 13.8. The zero-order valence-electron chi connectivity index (χ0n) is 9.44. The molecule has 0 fully saturated rings. The minimum atomic E-state index is -0.731. The number of hydrogen-bond donors (Lipinski definition) is 2. The number of rotatable bonds is 2. The molecule has 0 bridgehead atoms. The number of nitrogens with one attached hydrogen (secondary N) is 2. The minimum Gasteiger partial charge on any atom is -0.459 e. The molecule has 1 aromatic heterocycles. The summed E-state index contributed by atoms with van der Waals surface area (Å²) < 4.78 is 4.85. The van der Waals surface area contributed by atoms with Gasteiger partial charge in [-0.15, -0.1) is 0 Å². The van der Waals surface area contributed by atoms with Gasteiger partial charge < -0.3 is 9.73 Å². The number of carbonyl (C=O) groups excluding carboxylic acids is 2. The summed E-state index contributed by atoms with van der Waals surface area (Å²) in [6, 6.07) is 7.02. The molecule has 7 heteroatoms. The SMILES string of the molecule is O=C(NC(=O)c1ccco1)Nc1cccc(Cl)c1Cl. The number of carbonyl (C=O) groups is 2. The van der Waals surface area contributed by atoms with Crippen molar-refractivity contribution in [3.63, 3.8) is 0 Å². The molecule has 0 atom stereocenters. The van der Waals surface area contributed by atoms with Crippen LogP contribution in [0, 0.1) is 0 Å². The monoisotopic (exact) mass is 298 g/mol. The first-order chi connectivity index (χ1) is 9.08. The summed E-state index contributed by atoms with van der Waals surface area (Å²) in [6.45, 7) is 0. The molecule has 98 valence electrons. The maximum absolute atomic E-state index is 11.6. The largest absolute Gasteiger partial charge is 0.459 e. The van der Waals surface area contributed by atoms with Gasteiger partial charge in [-0.25, -0.2) is 4.79 Å². The number of anilines is 1. The van der Waals surface area contributed by atoms with E-state index in [1.165, 1.54) is 12.3 Å². The van der Waals surface area contributed by atoms with Crippen LogP contribution >= 0.6 is 23.2 Å². The van der Waals surface area contributed by atoms with Crippen molar-refractivity contribution >= 4 is 40.8 Å². The average Bonchev–Trinajstić information content (AvgIpc) is 2.88. The van der Waals surface area contributed by atoms with Gasteiger partial charge in [0.15, 0.2) is 5.76 Å². The topological polar surface area (TPSA) is 71.3 Å². The third-order valence-electron chi connectivity index (χ3n) is 2.17. The van der Waals surface area contributed by atoms with E-state index in [0.29, 0.717) is 10.7 Å². The van der Waals surface area contributed by atoms with Gasteiger partial charge in [0.1, 0.15) is 0 Å². The van der Waals surface area contributed by atoms with Gasteiger partial charge in [-0.3, -0.25) is 10.1 Å². The second-order valence-electron chi connectivity index (χ2n) is 3.49. The van der Waals surface area contributed by atoms with Gasteiger partial charge >= 0.3 is 6.03 Å². The fourth-order valence-corrected chi connectivity index (χ4v) is 1.67. The van der Waals surface area contributed by atoms with Gasteiger partial charge in [-0.05, 0) is 24.3 Å². The van der Waals surface area contributed by atoms with E-state index < -0.39 is 11.9 Å². The minimum absolute atomic E-state index is 0.0346. The van der Waals surface area contributed by atoms with Crippen LogP contribution in [-0.4, -0.2) is 11.9 Å². The van der Waals surface area contributed by atoms with Crippen molar-refractivity contribution in [3.8, 4) is 0 Å². The van der Waals surface area contributed by atoms with Crippen molar-refractivity contribution in [2.45, 2.75) is 0 Å². The number of urea groups is 1. The van der Waals surface area contributed by atoms with Crippen LogP contribution in [-0.2, 0) is 0 Å². The van der Waals surface area contributed by atoms with Gasteiger partial charge in [0.25, 0.3) is 5.91 Å². The van der Waals surface area contributed by atoms with Gasteiger partial charge in [0.05, 0.1) is 22.0 Å². The highest BCUT2D eigenvalue weighted by molar-refractivity contribution is 6.44. The van der Waals surface area contributed by atoms with E-state index in [2.05, 4.69) is 10.6 Å². The lowest BCUT2D eigenvalue weighted by Gasteiger charge is -2.08. The molecule has 0 aliphatic rings. The van der Waals surface area contributed by atoms with E-state index in [-0.39, 0.29) is 10.8 Å². The summed E-state index contributed by atoms with van der Waals surface area (Å²) in [5.74, 6) is -0.618. The van der Waals surface area contributed by atoms with Crippen LogP contribution in [0.2, 0.25) is 10.0 Å². The van der Waals surface area contributed by atoms with Gasteiger partial charge in [-0.1, -0.05) is 29.3 Å². The number of amides is 3. The standard InChI is InChI=1S/C12H8Cl2N2O3/c13-7-3-1-4-8(10(7)14)15-12(18)16-11(17)9-5-2-6-19-9/h1-6H,(H2,15,16,17,18). The van der Waals surface area contributed by atoms with Crippen LogP contribution in [0.5, 0.6) is 0 Å². The van der Waals surface area contributed by atoms with Crippen molar-refractivity contribution in [2.75, 3.05) is 5.32 Å². The first-order valence-corrected chi connectivity index (χ1v) is 5.93. The van der Waals surface area contributed by atoms with Crippen LogP contribution in [0.3, 0.4) is 0 Å². The van der Waals surface area contributed by atoms with Crippen molar-refractivity contribution in [2.24, 2.45) is 0 Å². The van der Waals surface area contributed by atoms with Crippen LogP contribution in [0.1, 0.15) is 10.6 Å². The predicted molar refractivity (Wildman–Crippen MR) is 71.7 cm³/mol. The molecule has 0 aliphatic heterocycles.